The lowest BCUT2D eigenvalue weighted by Crippen LogP contribution is -2.27. The number of hydrogen-bond donors (Lipinski definition) is 2. The van der Waals surface area contributed by atoms with Crippen LogP contribution in [0.3, 0.4) is 0 Å². The van der Waals surface area contributed by atoms with Gasteiger partial charge < -0.3 is 10.2 Å². The molecular weight excluding hydrogens is 236 g/mol. The molecule has 108 valence electrons. The molecule has 0 aliphatic rings. The average Bonchev–Trinajstić information content (AvgIpc) is 2.45. The summed E-state index contributed by atoms with van der Waals surface area (Å²) >= 11 is 0. The highest BCUT2D eigenvalue weighted by Gasteiger charge is 2.30. The zero-order chi connectivity index (χ0) is 14.3. The second kappa shape index (κ2) is 7.66. The first-order valence-electron chi connectivity index (χ1n) is 7.49. The maximum absolute atomic E-state index is 11.0. The smallest absolute Gasteiger partial charge is 0.0900 e. The fourth-order valence-electron chi connectivity index (χ4n) is 2.61. The lowest BCUT2D eigenvalue weighted by Gasteiger charge is -2.31. The highest BCUT2D eigenvalue weighted by molar-refractivity contribution is 5.32. The monoisotopic (exact) mass is 264 g/mol. The van der Waals surface area contributed by atoms with Crippen molar-refractivity contribution in [3.8, 4) is 0 Å². The van der Waals surface area contributed by atoms with Crippen molar-refractivity contribution in [2.45, 2.75) is 65.1 Å². The van der Waals surface area contributed by atoms with E-state index in [-0.39, 0.29) is 6.61 Å². The van der Waals surface area contributed by atoms with Crippen LogP contribution in [0.25, 0.3) is 0 Å². The van der Waals surface area contributed by atoms with Gasteiger partial charge in [0.05, 0.1) is 12.2 Å². The highest BCUT2D eigenvalue weighted by Crippen LogP contribution is 2.35. The number of rotatable bonds is 8. The molecule has 2 N–H and O–H groups in total. The van der Waals surface area contributed by atoms with Crippen molar-refractivity contribution in [1.82, 2.24) is 0 Å². The van der Waals surface area contributed by atoms with Crippen LogP contribution < -0.4 is 0 Å². The van der Waals surface area contributed by atoms with Gasteiger partial charge >= 0.3 is 0 Å². The van der Waals surface area contributed by atoms with Crippen LogP contribution in [0.5, 0.6) is 0 Å². The van der Waals surface area contributed by atoms with Crippen LogP contribution >= 0.6 is 0 Å². The normalized spacial score (nSPS) is 16.1. The second-order valence-electron chi connectivity index (χ2n) is 5.65. The van der Waals surface area contributed by atoms with Gasteiger partial charge in [-0.2, -0.15) is 0 Å². The Labute approximate surface area is 117 Å². The first-order chi connectivity index (χ1) is 9.07. The Morgan fingerprint density at radius 2 is 1.84 bits per heavy atom. The van der Waals surface area contributed by atoms with Crippen molar-refractivity contribution in [3.05, 3.63) is 35.4 Å². The van der Waals surface area contributed by atoms with Gasteiger partial charge in [-0.05, 0) is 36.3 Å². The Hall–Kier alpha value is -0.860. The van der Waals surface area contributed by atoms with Gasteiger partial charge in [-0.25, -0.2) is 0 Å². The van der Waals surface area contributed by atoms with Crippen molar-refractivity contribution in [1.29, 1.82) is 0 Å². The minimum absolute atomic E-state index is 0.00840. The molecule has 0 bridgehead atoms. The zero-order valence-electron chi connectivity index (χ0n) is 12.5. The molecule has 0 heterocycles. The quantitative estimate of drug-likeness (QED) is 0.745. The van der Waals surface area contributed by atoms with Gasteiger partial charge in [0.2, 0.25) is 0 Å². The molecule has 2 unspecified atom stereocenters. The van der Waals surface area contributed by atoms with E-state index in [0.29, 0.717) is 5.92 Å². The summed E-state index contributed by atoms with van der Waals surface area (Å²) in [6, 6.07) is 7.71. The van der Waals surface area contributed by atoms with Crippen molar-refractivity contribution in [2.75, 3.05) is 0 Å². The molecule has 0 aliphatic heterocycles. The van der Waals surface area contributed by atoms with Gasteiger partial charge in [0.1, 0.15) is 0 Å². The average molecular weight is 264 g/mol. The number of aliphatic hydroxyl groups excluding tert-OH is 1. The first kappa shape index (κ1) is 16.2. The molecule has 1 aromatic carbocycles. The molecule has 0 aliphatic carbocycles. The molecule has 0 amide bonds. The fraction of sp³-hybridized carbons (Fsp3) is 0.647. The van der Waals surface area contributed by atoms with Gasteiger partial charge in [-0.1, -0.05) is 57.9 Å². The highest BCUT2D eigenvalue weighted by atomic mass is 16.3. The van der Waals surface area contributed by atoms with Crippen LogP contribution in [0.15, 0.2) is 24.3 Å². The Bertz CT molecular complexity index is 375. The summed E-state index contributed by atoms with van der Waals surface area (Å²) in [7, 11) is 0. The third kappa shape index (κ3) is 4.32. The predicted octanol–water partition coefficient (Wildman–Crippen LogP) is 3.99. The van der Waals surface area contributed by atoms with Gasteiger partial charge in [0, 0.05) is 0 Å². The molecule has 0 saturated heterocycles. The van der Waals surface area contributed by atoms with E-state index in [1.54, 1.807) is 0 Å². The van der Waals surface area contributed by atoms with Crippen LogP contribution in [-0.2, 0) is 12.2 Å². The van der Waals surface area contributed by atoms with Crippen molar-refractivity contribution < 1.29 is 10.2 Å². The van der Waals surface area contributed by atoms with E-state index in [1.165, 1.54) is 0 Å². The Balaban J connectivity index is 2.96. The van der Waals surface area contributed by atoms with Gasteiger partial charge in [0.25, 0.3) is 0 Å². The second-order valence-corrected chi connectivity index (χ2v) is 5.65. The third-order valence-electron chi connectivity index (χ3n) is 4.10. The molecule has 0 spiro atoms. The summed E-state index contributed by atoms with van der Waals surface area (Å²) in [6.45, 7) is 6.50. The maximum Gasteiger partial charge on any atom is 0.0900 e. The molecule has 19 heavy (non-hydrogen) atoms. The van der Waals surface area contributed by atoms with Crippen LogP contribution in [0.2, 0.25) is 0 Å². The summed E-state index contributed by atoms with van der Waals surface area (Å²) in [4.78, 5) is 0. The largest absolute Gasteiger partial charge is 0.392 e. The van der Waals surface area contributed by atoms with Gasteiger partial charge in [-0.3, -0.25) is 0 Å². The van der Waals surface area contributed by atoms with Crippen LogP contribution in [0.1, 0.15) is 64.0 Å². The summed E-state index contributed by atoms with van der Waals surface area (Å²) in [5, 5.41) is 20.5. The molecule has 2 atom stereocenters. The van der Waals surface area contributed by atoms with Gasteiger partial charge in [0.15, 0.2) is 0 Å². The maximum atomic E-state index is 11.0. The molecule has 1 aromatic rings. The Morgan fingerprint density at radius 3 is 2.42 bits per heavy atom. The molecule has 2 nitrogen and oxygen atoms in total. The Kier molecular flexibility index (Phi) is 6.53. The lowest BCUT2D eigenvalue weighted by atomic mass is 9.81. The van der Waals surface area contributed by atoms with Crippen LogP contribution in [-0.4, -0.2) is 10.2 Å². The lowest BCUT2D eigenvalue weighted by molar-refractivity contribution is 0.0101. The standard InChI is InChI=1S/C17H28O2/c1-4-11-17(19,12-10-14(3)5-2)16-9-7-6-8-15(16)13-18/h6-9,14,18-19H,4-5,10-13H2,1-3H3. The molecule has 0 radical (unpaired) electrons. The summed E-state index contributed by atoms with van der Waals surface area (Å²) < 4.78 is 0. The number of benzene rings is 1. The predicted molar refractivity (Wildman–Crippen MR) is 79.9 cm³/mol. The van der Waals surface area contributed by atoms with E-state index in [0.717, 1.165) is 43.2 Å². The molecule has 2 heteroatoms. The van der Waals surface area contributed by atoms with Crippen molar-refractivity contribution >= 4 is 0 Å². The Morgan fingerprint density at radius 1 is 1.16 bits per heavy atom. The number of hydrogen-bond acceptors (Lipinski definition) is 2. The van der Waals surface area contributed by atoms with E-state index < -0.39 is 5.60 Å². The third-order valence-corrected chi connectivity index (χ3v) is 4.10. The SMILES string of the molecule is CCCC(O)(CCC(C)CC)c1ccccc1CO. The molecule has 0 aromatic heterocycles. The van der Waals surface area contributed by atoms with E-state index >= 15 is 0 Å². The minimum Gasteiger partial charge on any atom is -0.392 e. The topological polar surface area (TPSA) is 40.5 Å². The molecular formula is C17H28O2. The van der Waals surface area contributed by atoms with E-state index in [2.05, 4.69) is 20.8 Å². The number of aliphatic hydroxyl groups is 2. The molecule has 0 saturated carbocycles. The fourth-order valence-corrected chi connectivity index (χ4v) is 2.61. The van der Waals surface area contributed by atoms with E-state index in [4.69, 9.17) is 0 Å². The van der Waals surface area contributed by atoms with Crippen molar-refractivity contribution in [3.63, 3.8) is 0 Å². The zero-order valence-corrected chi connectivity index (χ0v) is 12.5. The molecule has 0 fully saturated rings. The van der Waals surface area contributed by atoms with Gasteiger partial charge in [-0.15, -0.1) is 0 Å². The summed E-state index contributed by atoms with van der Waals surface area (Å²) in [5.74, 6) is 0.629. The molecule has 1 rings (SSSR count). The summed E-state index contributed by atoms with van der Waals surface area (Å²) in [5.41, 5.74) is 0.961. The van der Waals surface area contributed by atoms with Crippen molar-refractivity contribution in [2.24, 2.45) is 5.92 Å². The summed E-state index contributed by atoms with van der Waals surface area (Å²) in [6.07, 6.45) is 4.63. The van der Waals surface area contributed by atoms with E-state index in [9.17, 15) is 10.2 Å². The minimum atomic E-state index is -0.794. The van der Waals surface area contributed by atoms with E-state index in [1.807, 2.05) is 24.3 Å². The first-order valence-corrected chi connectivity index (χ1v) is 7.49. The van der Waals surface area contributed by atoms with Crippen LogP contribution in [0.4, 0.5) is 0 Å². The van der Waals surface area contributed by atoms with Crippen LogP contribution in [0, 0.1) is 5.92 Å².